The Morgan fingerprint density at radius 3 is 2.83 bits per heavy atom. The van der Waals surface area contributed by atoms with E-state index in [9.17, 15) is 9.90 Å². The molecule has 5 nitrogen and oxygen atoms in total. The number of amides is 1. The highest BCUT2D eigenvalue weighted by molar-refractivity contribution is 7.09. The van der Waals surface area contributed by atoms with Crippen molar-refractivity contribution in [3.05, 3.63) is 16.1 Å². The molecule has 2 rings (SSSR count). The minimum Gasteiger partial charge on any atom is -0.390 e. The van der Waals surface area contributed by atoms with Crippen LogP contribution in [0.1, 0.15) is 10.7 Å². The van der Waals surface area contributed by atoms with Gasteiger partial charge < -0.3 is 14.9 Å². The van der Waals surface area contributed by atoms with Crippen molar-refractivity contribution in [2.24, 2.45) is 0 Å². The van der Waals surface area contributed by atoms with E-state index in [2.05, 4.69) is 4.98 Å². The number of aliphatic hydroxyl groups excluding tert-OH is 1. The number of aromatic nitrogens is 1. The van der Waals surface area contributed by atoms with Crippen LogP contribution in [0.15, 0.2) is 5.38 Å². The fourth-order valence-corrected chi connectivity index (χ4v) is 2.85. The zero-order valence-electron chi connectivity index (χ0n) is 11.0. The molecule has 0 radical (unpaired) electrons. The molecule has 1 aromatic rings. The van der Waals surface area contributed by atoms with E-state index in [-0.39, 0.29) is 11.9 Å². The van der Waals surface area contributed by atoms with Gasteiger partial charge in [0, 0.05) is 18.5 Å². The maximum absolute atomic E-state index is 12.1. The second kappa shape index (κ2) is 5.34. The highest BCUT2D eigenvalue weighted by atomic mass is 32.1. The van der Waals surface area contributed by atoms with E-state index in [1.165, 1.54) is 0 Å². The number of likely N-dealkylation sites (tertiary alicyclic amines) is 1. The van der Waals surface area contributed by atoms with Crippen LogP contribution in [-0.4, -0.2) is 65.1 Å². The first-order chi connectivity index (χ1) is 8.47. The summed E-state index contributed by atoms with van der Waals surface area (Å²) in [4.78, 5) is 20.1. The Kier molecular flexibility index (Phi) is 3.99. The maximum Gasteiger partial charge on any atom is 0.228 e. The number of hydrogen-bond donors (Lipinski definition) is 1. The van der Waals surface area contributed by atoms with E-state index in [1.807, 2.05) is 31.3 Å². The Bertz CT molecular complexity index is 433. The summed E-state index contributed by atoms with van der Waals surface area (Å²) in [6.45, 7) is 2.95. The van der Waals surface area contributed by atoms with Gasteiger partial charge in [0.05, 0.1) is 29.3 Å². The quantitative estimate of drug-likeness (QED) is 0.847. The van der Waals surface area contributed by atoms with Crippen LogP contribution < -0.4 is 0 Å². The van der Waals surface area contributed by atoms with Gasteiger partial charge >= 0.3 is 0 Å². The zero-order valence-corrected chi connectivity index (χ0v) is 11.8. The molecule has 1 aromatic heterocycles. The molecule has 0 saturated carbocycles. The lowest BCUT2D eigenvalue weighted by atomic mass is 10.2. The van der Waals surface area contributed by atoms with Crippen molar-refractivity contribution >= 4 is 17.2 Å². The van der Waals surface area contributed by atoms with E-state index in [0.29, 0.717) is 19.5 Å². The first kappa shape index (κ1) is 13.5. The van der Waals surface area contributed by atoms with Crippen molar-refractivity contribution in [3.8, 4) is 0 Å². The lowest BCUT2D eigenvalue weighted by Crippen LogP contribution is -2.38. The number of carbonyl (C=O) groups excluding carboxylic acids is 1. The molecule has 0 unspecified atom stereocenters. The number of likely N-dealkylation sites (N-methyl/N-ethyl adjacent to an activating group) is 1. The minimum absolute atomic E-state index is 0.0334. The highest BCUT2D eigenvalue weighted by Crippen LogP contribution is 2.16. The molecular weight excluding hydrogens is 250 g/mol. The van der Waals surface area contributed by atoms with Gasteiger partial charge in [-0.2, -0.15) is 0 Å². The number of rotatable bonds is 3. The summed E-state index contributed by atoms with van der Waals surface area (Å²) in [6.07, 6.45) is -0.127. The van der Waals surface area contributed by atoms with E-state index >= 15 is 0 Å². The molecule has 18 heavy (non-hydrogen) atoms. The normalized spacial score (nSPS) is 23.9. The molecule has 1 aliphatic heterocycles. The molecule has 0 aromatic carbocycles. The molecule has 1 aliphatic rings. The average molecular weight is 269 g/mol. The second-order valence-corrected chi connectivity index (χ2v) is 5.99. The predicted octanol–water partition coefficient (Wildman–Crippen LogP) is 0.127. The smallest absolute Gasteiger partial charge is 0.228 e. The van der Waals surface area contributed by atoms with Gasteiger partial charge in [-0.15, -0.1) is 11.3 Å². The predicted molar refractivity (Wildman–Crippen MR) is 70.6 cm³/mol. The highest BCUT2D eigenvalue weighted by Gasteiger charge is 2.35. The molecule has 1 N–H and O–H groups in total. The van der Waals surface area contributed by atoms with E-state index in [4.69, 9.17) is 0 Å². The summed E-state index contributed by atoms with van der Waals surface area (Å²) in [6, 6.07) is 0.0334. The largest absolute Gasteiger partial charge is 0.390 e. The monoisotopic (exact) mass is 269 g/mol. The van der Waals surface area contributed by atoms with Crippen LogP contribution in [0, 0.1) is 6.92 Å². The summed E-state index contributed by atoms with van der Waals surface area (Å²) >= 11 is 1.56. The van der Waals surface area contributed by atoms with Crippen molar-refractivity contribution in [2.45, 2.75) is 25.5 Å². The number of β-amino-alcohol motifs (C(OH)–C–C–N with tert-alkyl or cyclic N) is 1. The van der Waals surface area contributed by atoms with Gasteiger partial charge in [0.25, 0.3) is 0 Å². The molecule has 2 heterocycles. The summed E-state index contributed by atoms with van der Waals surface area (Å²) in [5, 5.41) is 12.8. The van der Waals surface area contributed by atoms with Gasteiger partial charge in [0.2, 0.25) is 5.91 Å². The fourth-order valence-electron chi connectivity index (χ4n) is 2.24. The van der Waals surface area contributed by atoms with Crippen molar-refractivity contribution < 1.29 is 9.90 Å². The van der Waals surface area contributed by atoms with Gasteiger partial charge in [-0.05, 0) is 21.0 Å². The third-order valence-corrected chi connectivity index (χ3v) is 4.10. The van der Waals surface area contributed by atoms with Crippen molar-refractivity contribution in [2.75, 3.05) is 27.2 Å². The lowest BCUT2D eigenvalue weighted by Gasteiger charge is -2.21. The first-order valence-electron chi connectivity index (χ1n) is 6.00. The van der Waals surface area contributed by atoms with Gasteiger partial charge in [-0.25, -0.2) is 4.98 Å². The summed E-state index contributed by atoms with van der Waals surface area (Å²) in [5.41, 5.74) is 0.824. The van der Waals surface area contributed by atoms with Crippen LogP contribution in [0.3, 0.4) is 0 Å². The third kappa shape index (κ3) is 2.88. The average Bonchev–Trinajstić information content (AvgIpc) is 2.85. The second-order valence-electron chi connectivity index (χ2n) is 4.93. The Hall–Kier alpha value is -0.980. The number of aliphatic hydroxyl groups is 1. The molecule has 1 fully saturated rings. The lowest BCUT2D eigenvalue weighted by molar-refractivity contribution is -0.129. The summed E-state index contributed by atoms with van der Waals surface area (Å²) < 4.78 is 0. The third-order valence-electron chi connectivity index (χ3n) is 3.27. The molecule has 0 spiro atoms. The Morgan fingerprint density at radius 1 is 1.61 bits per heavy atom. The van der Waals surface area contributed by atoms with Crippen molar-refractivity contribution in [1.82, 2.24) is 14.8 Å². The molecule has 1 amide bonds. The Balaban J connectivity index is 1.95. The molecule has 0 aliphatic carbocycles. The van der Waals surface area contributed by atoms with Gasteiger partial charge in [0.15, 0.2) is 0 Å². The van der Waals surface area contributed by atoms with Crippen LogP contribution in [0.2, 0.25) is 0 Å². The van der Waals surface area contributed by atoms with E-state index in [0.717, 1.165) is 10.7 Å². The number of hydrogen-bond acceptors (Lipinski definition) is 5. The SMILES string of the molecule is Cc1nc(CC(=O)N2C[C@@H](O)[C@H](N(C)C)C2)cs1. The van der Waals surface area contributed by atoms with Crippen LogP contribution in [0.5, 0.6) is 0 Å². The molecular formula is C12H19N3O2S. The van der Waals surface area contributed by atoms with Gasteiger partial charge in [-0.3, -0.25) is 4.79 Å². The Labute approximate surface area is 111 Å². The molecule has 1 saturated heterocycles. The number of thiazole rings is 1. The zero-order chi connectivity index (χ0) is 13.3. The number of nitrogens with zero attached hydrogens (tertiary/aromatic N) is 3. The van der Waals surface area contributed by atoms with Crippen LogP contribution in [0.25, 0.3) is 0 Å². The minimum atomic E-state index is -0.457. The van der Waals surface area contributed by atoms with Gasteiger partial charge in [-0.1, -0.05) is 0 Å². The van der Waals surface area contributed by atoms with Crippen molar-refractivity contribution in [1.29, 1.82) is 0 Å². The van der Waals surface area contributed by atoms with Crippen LogP contribution in [0.4, 0.5) is 0 Å². The molecule has 6 heteroatoms. The summed E-state index contributed by atoms with van der Waals surface area (Å²) in [7, 11) is 3.84. The maximum atomic E-state index is 12.1. The molecule has 2 atom stereocenters. The number of aryl methyl sites for hydroxylation is 1. The van der Waals surface area contributed by atoms with E-state index in [1.54, 1.807) is 16.2 Å². The van der Waals surface area contributed by atoms with Crippen LogP contribution in [-0.2, 0) is 11.2 Å². The fraction of sp³-hybridized carbons (Fsp3) is 0.667. The first-order valence-corrected chi connectivity index (χ1v) is 6.88. The van der Waals surface area contributed by atoms with Crippen molar-refractivity contribution in [3.63, 3.8) is 0 Å². The topological polar surface area (TPSA) is 56.7 Å². The van der Waals surface area contributed by atoms with E-state index < -0.39 is 6.10 Å². The number of carbonyl (C=O) groups is 1. The Morgan fingerprint density at radius 2 is 2.33 bits per heavy atom. The summed E-state index contributed by atoms with van der Waals surface area (Å²) in [5.74, 6) is 0.0451. The standard InChI is InChI=1S/C12H19N3O2S/c1-8-13-9(7-18-8)4-12(17)15-5-10(14(2)3)11(16)6-15/h7,10-11,16H,4-6H2,1-3H3/t10-,11-/m1/s1. The molecule has 100 valence electrons. The van der Waals surface area contributed by atoms with Gasteiger partial charge in [0.1, 0.15) is 0 Å². The van der Waals surface area contributed by atoms with Crippen LogP contribution >= 0.6 is 11.3 Å². The molecule has 0 bridgehead atoms.